The number of aromatic nitrogens is 2. The number of hydrogen-bond donors (Lipinski definition) is 1. The first-order valence-corrected chi connectivity index (χ1v) is 5.08. The Morgan fingerprint density at radius 3 is 2.62 bits per heavy atom. The van der Waals surface area contributed by atoms with Crippen LogP contribution in [0.2, 0.25) is 0 Å². The number of halogens is 3. The molecule has 16 heavy (non-hydrogen) atoms. The number of rotatable bonds is 1. The molecule has 0 amide bonds. The van der Waals surface area contributed by atoms with Crippen molar-refractivity contribution in [2.24, 2.45) is 0 Å². The van der Waals surface area contributed by atoms with Crippen LogP contribution in [0, 0.1) is 0 Å². The molecule has 4 nitrogen and oxygen atoms in total. The highest BCUT2D eigenvalue weighted by Gasteiger charge is 2.41. The lowest BCUT2D eigenvalue weighted by Gasteiger charge is -2.31. The van der Waals surface area contributed by atoms with Crippen molar-refractivity contribution in [3.63, 3.8) is 0 Å². The molecule has 0 aliphatic carbocycles. The number of alkyl halides is 3. The fourth-order valence-corrected chi connectivity index (χ4v) is 1.80. The predicted octanol–water partition coefficient (Wildman–Crippen LogP) is 2.08. The first kappa shape index (κ1) is 11.4. The molecule has 1 unspecified atom stereocenters. The minimum Gasteiger partial charge on any atom is -0.337 e. The Morgan fingerprint density at radius 1 is 1.38 bits per heavy atom. The highest BCUT2D eigenvalue weighted by atomic mass is 19.4. The van der Waals surface area contributed by atoms with E-state index in [2.05, 4.69) is 15.5 Å². The van der Waals surface area contributed by atoms with Gasteiger partial charge in [0, 0.05) is 0 Å². The van der Waals surface area contributed by atoms with Crippen LogP contribution >= 0.6 is 0 Å². The second-order valence-corrected chi connectivity index (χ2v) is 4.14. The van der Waals surface area contributed by atoms with Crippen LogP contribution in [0.5, 0.6) is 0 Å². The molecule has 0 aromatic carbocycles. The summed E-state index contributed by atoms with van der Waals surface area (Å²) in [5.74, 6) is -1.20. The van der Waals surface area contributed by atoms with Crippen LogP contribution in [0.25, 0.3) is 0 Å². The number of piperidine rings is 1. The van der Waals surface area contributed by atoms with E-state index < -0.39 is 17.5 Å². The molecule has 1 atom stereocenters. The molecule has 1 aliphatic rings. The standard InChI is InChI=1S/C9H12F3N3O/c1-8(4-2-3-5-13-8)7-14-6(15-16-7)9(10,11)12/h13H,2-5H2,1H3. The van der Waals surface area contributed by atoms with Gasteiger partial charge in [0.2, 0.25) is 5.89 Å². The summed E-state index contributed by atoms with van der Waals surface area (Å²) < 4.78 is 41.6. The zero-order chi connectivity index (χ0) is 11.8. The van der Waals surface area contributed by atoms with Crippen molar-refractivity contribution in [3.8, 4) is 0 Å². The van der Waals surface area contributed by atoms with Gasteiger partial charge in [-0.25, -0.2) is 0 Å². The Kier molecular flexibility index (Phi) is 2.65. The Labute approximate surface area is 90.2 Å². The Balaban J connectivity index is 2.24. The smallest absolute Gasteiger partial charge is 0.337 e. The Morgan fingerprint density at radius 2 is 2.12 bits per heavy atom. The lowest BCUT2D eigenvalue weighted by Crippen LogP contribution is -2.43. The molecule has 1 saturated heterocycles. The summed E-state index contributed by atoms with van der Waals surface area (Å²) in [6, 6.07) is 0. The van der Waals surface area contributed by atoms with E-state index in [4.69, 9.17) is 4.52 Å². The molecule has 1 fully saturated rings. The first-order chi connectivity index (χ1) is 7.42. The van der Waals surface area contributed by atoms with Crippen molar-refractivity contribution in [2.45, 2.75) is 37.9 Å². The molecule has 0 radical (unpaired) electrons. The van der Waals surface area contributed by atoms with Crippen molar-refractivity contribution in [1.29, 1.82) is 0 Å². The molecule has 90 valence electrons. The van der Waals surface area contributed by atoms with E-state index in [0.29, 0.717) is 6.42 Å². The van der Waals surface area contributed by atoms with Gasteiger partial charge in [-0.05, 0) is 32.7 Å². The van der Waals surface area contributed by atoms with Gasteiger partial charge in [-0.15, -0.1) is 0 Å². The van der Waals surface area contributed by atoms with Crippen LogP contribution in [0.3, 0.4) is 0 Å². The third kappa shape index (κ3) is 2.04. The van der Waals surface area contributed by atoms with Gasteiger partial charge in [0.05, 0.1) is 5.54 Å². The second-order valence-electron chi connectivity index (χ2n) is 4.14. The van der Waals surface area contributed by atoms with Gasteiger partial charge in [0.15, 0.2) is 0 Å². The van der Waals surface area contributed by atoms with Crippen molar-refractivity contribution < 1.29 is 17.7 Å². The normalized spacial score (nSPS) is 27.0. The van der Waals surface area contributed by atoms with Crippen molar-refractivity contribution >= 4 is 0 Å². The van der Waals surface area contributed by atoms with Crippen LogP contribution in [0.1, 0.15) is 37.9 Å². The van der Waals surface area contributed by atoms with Crippen molar-refractivity contribution in [2.75, 3.05) is 6.54 Å². The van der Waals surface area contributed by atoms with Gasteiger partial charge in [-0.1, -0.05) is 5.16 Å². The van der Waals surface area contributed by atoms with Crippen molar-refractivity contribution in [3.05, 3.63) is 11.7 Å². The third-order valence-electron chi connectivity index (χ3n) is 2.77. The van der Waals surface area contributed by atoms with Gasteiger partial charge in [-0.2, -0.15) is 18.2 Å². The van der Waals surface area contributed by atoms with E-state index in [1.165, 1.54) is 0 Å². The van der Waals surface area contributed by atoms with Gasteiger partial charge in [0.1, 0.15) is 0 Å². The maximum absolute atomic E-state index is 12.3. The number of nitrogens with one attached hydrogen (secondary N) is 1. The maximum Gasteiger partial charge on any atom is 0.455 e. The molecular weight excluding hydrogens is 223 g/mol. The van der Waals surface area contributed by atoms with Crippen LogP contribution in [0.15, 0.2) is 4.52 Å². The van der Waals surface area contributed by atoms with Gasteiger partial charge in [0.25, 0.3) is 5.82 Å². The van der Waals surface area contributed by atoms with E-state index in [1.54, 1.807) is 6.92 Å². The highest BCUT2D eigenvalue weighted by molar-refractivity contribution is 5.04. The number of nitrogens with zero attached hydrogens (tertiary/aromatic N) is 2. The molecule has 0 saturated carbocycles. The molecule has 0 bridgehead atoms. The quantitative estimate of drug-likeness (QED) is 0.809. The largest absolute Gasteiger partial charge is 0.455 e. The molecular formula is C9H12F3N3O. The highest BCUT2D eigenvalue weighted by Crippen LogP contribution is 2.32. The topological polar surface area (TPSA) is 51.0 Å². The Hall–Kier alpha value is -1.11. The van der Waals surface area contributed by atoms with Crippen LogP contribution < -0.4 is 5.32 Å². The van der Waals surface area contributed by atoms with Gasteiger partial charge < -0.3 is 9.84 Å². The monoisotopic (exact) mass is 235 g/mol. The van der Waals surface area contributed by atoms with Crippen LogP contribution in [-0.2, 0) is 11.7 Å². The molecule has 2 rings (SSSR count). The molecule has 1 aromatic rings. The summed E-state index contributed by atoms with van der Waals surface area (Å²) >= 11 is 0. The minimum atomic E-state index is -4.55. The third-order valence-corrected chi connectivity index (χ3v) is 2.77. The fraction of sp³-hybridized carbons (Fsp3) is 0.778. The predicted molar refractivity (Wildman–Crippen MR) is 48.5 cm³/mol. The lowest BCUT2D eigenvalue weighted by atomic mass is 9.91. The Bertz CT molecular complexity index is 368. The molecule has 7 heteroatoms. The average Bonchev–Trinajstić information content (AvgIpc) is 2.67. The zero-order valence-corrected chi connectivity index (χ0v) is 8.76. The summed E-state index contributed by atoms with van der Waals surface area (Å²) in [7, 11) is 0. The first-order valence-electron chi connectivity index (χ1n) is 5.08. The summed E-state index contributed by atoms with van der Waals surface area (Å²) in [4.78, 5) is 3.41. The second kappa shape index (κ2) is 3.73. The van der Waals surface area contributed by atoms with Crippen molar-refractivity contribution in [1.82, 2.24) is 15.5 Å². The van der Waals surface area contributed by atoms with E-state index in [1.807, 2.05) is 0 Å². The van der Waals surface area contributed by atoms with Crippen LogP contribution in [-0.4, -0.2) is 16.7 Å². The van der Waals surface area contributed by atoms with E-state index in [-0.39, 0.29) is 5.89 Å². The summed E-state index contributed by atoms with van der Waals surface area (Å²) in [5.41, 5.74) is -0.630. The molecule has 0 spiro atoms. The van der Waals surface area contributed by atoms with E-state index >= 15 is 0 Å². The van der Waals surface area contributed by atoms with Gasteiger partial charge in [-0.3, -0.25) is 0 Å². The molecule has 1 aliphatic heterocycles. The SMILES string of the molecule is CC1(c2nc(C(F)(F)F)no2)CCCCN1. The van der Waals surface area contributed by atoms with E-state index in [0.717, 1.165) is 19.4 Å². The molecule has 2 heterocycles. The summed E-state index contributed by atoms with van der Waals surface area (Å²) in [5, 5.41) is 6.07. The maximum atomic E-state index is 12.3. The zero-order valence-electron chi connectivity index (χ0n) is 8.76. The molecule has 1 N–H and O–H groups in total. The molecule has 1 aromatic heterocycles. The lowest BCUT2D eigenvalue weighted by molar-refractivity contribution is -0.146. The summed E-state index contributed by atoms with van der Waals surface area (Å²) in [6.45, 7) is 2.53. The van der Waals surface area contributed by atoms with Gasteiger partial charge >= 0.3 is 6.18 Å². The number of hydrogen-bond acceptors (Lipinski definition) is 4. The fourth-order valence-electron chi connectivity index (χ4n) is 1.80. The average molecular weight is 235 g/mol. The minimum absolute atomic E-state index is 0.0134. The summed E-state index contributed by atoms with van der Waals surface area (Å²) in [6.07, 6.45) is -1.90. The van der Waals surface area contributed by atoms with E-state index in [9.17, 15) is 13.2 Å². The van der Waals surface area contributed by atoms with Crippen LogP contribution in [0.4, 0.5) is 13.2 Å².